The molecule has 0 N–H and O–H groups in total. The molecule has 4 aliphatic rings. The number of nitroso groups, excluding NO2 is 1. The molecule has 0 amide bonds. The molecule has 2 nitrogen and oxygen atoms in total. The maximum atomic E-state index is 11.2. The van der Waals surface area contributed by atoms with Gasteiger partial charge in [-0.2, -0.15) is 4.91 Å². The van der Waals surface area contributed by atoms with Crippen LogP contribution in [0.5, 0.6) is 0 Å². The van der Waals surface area contributed by atoms with Crippen LogP contribution in [-0.4, -0.2) is 6.54 Å². The van der Waals surface area contributed by atoms with E-state index >= 15 is 0 Å². The van der Waals surface area contributed by atoms with Crippen molar-refractivity contribution in [1.29, 1.82) is 0 Å². The second kappa shape index (κ2) is 4.93. The van der Waals surface area contributed by atoms with Crippen molar-refractivity contribution < 1.29 is 0 Å². The standard InChI is InChI=1S/C19H29NO/c1-18-10-4-6-16(18)15-8-7-14-5-2-3-11-19(14,13-20-21)17(15)9-12-18/h7,15-17H,2-6,8-13H2,1H3/t15-,16-,17+,18-,19+/m0/s1. The smallest absolute Gasteiger partial charge is 0.0907 e. The minimum Gasteiger partial charge on any atom is -0.151 e. The number of hydrogen-bond acceptors (Lipinski definition) is 2. The third-order valence-corrected chi connectivity index (χ3v) is 7.87. The zero-order chi connectivity index (χ0) is 14.5. The third-order valence-electron chi connectivity index (χ3n) is 7.87. The first-order valence-corrected chi connectivity index (χ1v) is 9.18. The van der Waals surface area contributed by atoms with E-state index in [1.54, 1.807) is 5.57 Å². The van der Waals surface area contributed by atoms with Gasteiger partial charge in [-0.1, -0.05) is 36.6 Å². The molecular weight excluding hydrogens is 258 g/mol. The lowest BCUT2D eigenvalue weighted by atomic mass is 9.48. The fourth-order valence-corrected chi connectivity index (χ4v) is 6.88. The first-order valence-electron chi connectivity index (χ1n) is 9.18. The van der Waals surface area contributed by atoms with Gasteiger partial charge >= 0.3 is 0 Å². The second-order valence-corrected chi connectivity index (χ2v) is 8.58. The summed E-state index contributed by atoms with van der Waals surface area (Å²) in [5, 5.41) is 3.44. The quantitative estimate of drug-likeness (QED) is 0.488. The molecule has 4 aliphatic carbocycles. The topological polar surface area (TPSA) is 29.4 Å². The predicted molar refractivity (Wildman–Crippen MR) is 85.9 cm³/mol. The Morgan fingerprint density at radius 3 is 2.90 bits per heavy atom. The van der Waals surface area contributed by atoms with E-state index in [4.69, 9.17) is 0 Å². The molecule has 0 aromatic heterocycles. The predicted octanol–water partition coefficient (Wildman–Crippen LogP) is 5.48. The van der Waals surface area contributed by atoms with Crippen LogP contribution in [0.25, 0.3) is 0 Å². The van der Waals surface area contributed by atoms with Crippen LogP contribution in [0.2, 0.25) is 0 Å². The zero-order valence-electron chi connectivity index (χ0n) is 13.4. The van der Waals surface area contributed by atoms with Crippen LogP contribution in [0.15, 0.2) is 16.8 Å². The lowest BCUT2D eigenvalue weighted by Gasteiger charge is -2.57. The summed E-state index contributed by atoms with van der Waals surface area (Å²) in [6.45, 7) is 3.11. The van der Waals surface area contributed by atoms with Crippen LogP contribution in [0.1, 0.15) is 71.1 Å². The van der Waals surface area contributed by atoms with Crippen molar-refractivity contribution >= 4 is 0 Å². The first kappa shape index (κ1) is 14.0. The highest BCUT2D eigenvalue weighted by Crippen LogP contribution is 2.64. The van der Waals surface area contributed by atoms with Crippen LogP contribution in [-0.2, 0) is 0 Å². The molecule has 0 saturated heterocycles. The Kier molecular flexibility index (Phi) is 3.28. The fraction of sp³-hybridized carbons (Fsp3) is 0.895. The molecule has 0 spiro atoms. The van der Waals surface area contributed by atoms with E-state index in [9.17, 15) is 4.91 Å². The summed E-state index contributed by atoms with van der Waals surface area (Å²) in [7, 11) is 0. The highest BCUT2D eigenvalue weighted by molar-refractivity contribution is 5.26. The van der Waals surface area contributed by atoms with Gasteiger partial charge in [0.25, 0.3) is 0 Å². The highest BCUT2D eigenvalue weighted by atomic mass is 16.3. The van der Waals surface area contributed by atoms with Crippen LogP contribution in [0.3, 0.4) is 0 Å². The molecule has 0 aromatic carbocycles. The summed E-state index contributed by atoms with van der Waals surface area (Å²) >= 11 is 0. The van der Waals surface area contributed by atoms with Crippen molar-refractivity contribution in [2.45, 2.75) is 71.1 Å². The van der Waals surface area contributed by atoms with Gasteiger partial charge in [-0.05, 0) is 74.5 Å². The average molecular weight is 287 g/mol. The molecule has 2 heteroatoms. The van der Waals surface area contributed by atoms with Crippen molar-refractivity contribution in [3.8, 4) is 0 Å². The number of fused-ring (bicyclic) bond motifs is 5. The van der Waals surface area contributed by atoms with Crippen molar-refractivity contribution in [2.75, 3.05) is 6.54 Å². The molecule has 0 aliphatic heterocycles. The Morgan fingerprint density at radius 2 is 2.05 bits per heavy atom. The van der Waals surface area contributed by atoms with E-state index in [2.05, 4.69) is 18.2 Å². The Morgan fingerprint density at radius 1 is 1.14 bits per heavy atom. The number of hydrogen-bond donors (Lipinski definition) is 0. The molecular formula is C19H29NO. The summed E-state index contributed by atoms with van der Waals surface area (Å²) in [5.41, 5.74) is 2.40. The SMILES string of the molecule is C[C@@]12CCC[C@H]1[C@@H]1CC=C3CCCC[C@]3(CN=O)[C@@H]1CC2. The van der Waals surface area contributed by atoms with Crippen LogP contribution < -0.4 is 0 Å². The Bertz CT molecular complexity index is 470. The fourth-order valence-electron chi connectivity index (χ4n) is 6.88. The Labute approximate surface area is 128 Å². The lowest BCUT2D eigenvalue weighted by Crippen LogP contribution is -2.50. The minimum absolute atomic E-state index is 0.173. The van der Waals surface area contributed by atoms with Gasteiger partial charge in [0, 0.05) is 5.41 Å². The number of rotatable bonds is 2. The molecule has 4 rings (SSSR count). The van der Waals surface area contributed by atoms with Gasteiger partial charge in [-0.3, -0.25) is 0 Å². The normalized spacial score (nSPS) is 48.8. The Hall–Kier alpha value is -0.660. The van der Waals surface area contributed by atoms with E-state index in [1.807, 2.05) is 0 Å². The van der Waals surface area contributed by atoms with Gasteiger partial charge in [0.2, 0.25) is 0 Å². The van der Waals surface area contributed by atoms with E-state index in [0.29, 0.717) is 12.0 Å². The van der Waals surface area contributed by atoms with Crippen LogP contribution >= 0.6 is 0 Å². The third kappa shape index (κ3) is 1.90. The minimum atomic E-state index is 0.173. The van der Waals surface area contributed by atoms with E-state index < -0.39 is 0 Å². The summed E-state index contributed by atoms with van der Waals surface area (Å²) in [5.74, 6) is 2.51. The van der Waals surface area contributed by atoms with Crippen molar-refractivity contribution in [2.24, 2.45) is 33.8 Å². The first-order chi connectivity index (χ1) is 10.2. The summed E-state index contributed by atoms with van der Waals surface area (Å²) in [6.07, 6.45) is 16.0. The van der Waals surface area contributed by atoms with Gasteiger partial charge in [0.05, 0.1) is 6.54 Å². The van der Waals surface area contributed by atoms with Crippen molar-refractivity contribution in [3.63, 3.8) is 0 Å². The second-order valence-electron chi connectivity index (χ2n) is 8.58. The van der Waals surface area contributed by atoms with Crippen LogP contribution in [0, 0.1) is 33.5 Å². The van der Waals surface area contributed by atoms with Crippen LogP contribution in [0.4, 0.5) is 0 Å². The van der Waals surface area contributed by atoms with Gasteiger partial charge in [-0.25, -0.2) is 0 Å². The molecule has 116 valence electrons. The summed E-state index contributed by atoms with van der Waals surface area (Å²) < 4.78 is 0. The molecule has 0 bridgehead atoms. The monoisotopic (exact) mass is 287 g/mol. The summed E-state index contributed by atoms with van der Waals surface area (Å²) in [6, 6.07) is 0. The highest BCUT2D eigenvalue weighted by Gasteiger charge is 2.56. The average Bonchev–Trinajstić information content (AvgIpc) is 2.89. The van der Waals surface area contributed by atoms with E-state index in [0.717, 1.165) is 17.8 Å². The number of nitrogens with zero attached hydrogens (tertiary/aromatic N) is 1. The molecule has 0 unspecified atom stereocenters. The molecule has 0 aromatic rings. The van der Waals surface area contributed by atoms with Gasteiger partial charge in [-0.15, -0.1) is 0 Å². The maximum Gasteiger partial charge on any atom is 0.0907 e. The molecule has 21 heavy (non-hydrogen) atoms. The lowest BCUT2D eigenvalue weighted by molar-refractivity contribution is -0.0285. The van der Waals surface area contributed by atoms with E-state index in [-0.39, 0.29) is 5.41 Å². The molecule has 0 heterocycles. The Balaban J connectivity index is 1.72. The maximum absolute atomic E-state index is 11.2. The molecule has 0 radical (unpaired) electrons. The largest absolute Gasteiger partial charge is 0.151 e. The molecule has 5 atom stereocenters. The van der Waals surface area contributed by atoms with Gasteiger partial charge < -0.3 is 0 Å². The molecule has 3 fully saturated rings. The summed E-state index contributed by atoms with van der Waals surface area (Å²) in [4.78, 5) is 11.2. The van der Waals surface area contributed by atoms with Gasteiger partial charge in [0.1, 0.15) is 0 Å². The van der Waals surface area contributed by atoms with Gasteiger partial charge in [0.15, 0.2) is 0 Å². The molecule has 3 saturated carbocycles. The van der Waals surface area contributed by atoms with Crippen molar-refractivity contribution in [1.82, 2.24) is 0 Å². The number of allylic oxidation sites excluding steroid dienone is 1. The zero-order valence-corrected chi connectivity index (χ0v) is 13.4. The van der Waals surface area contributed by atoms with Crippen molar-refractivity contribution in [3.05, 3.63) is 16.6 Å². The van der Waals surface area contributed by atoms with E-state index in [1.165, 1.54) is 64.2 Å².